The third-order valence-corrected chi connectivity index (χ3v) is 6.94. The Labute approximate surface area is 168 Å². The van der Waals surface area contributed by atoms with Crippen molar-refractivity contribution in [3.63, 3.8) is 0 Å². The molecule has 2 fully saturated rings. The van der Waals surface area contributed by atoms with E-state index >= 15 is 0 Å². The van der Waals surface area contributed by atoms with Crippen LogP contribution >= 0.6 is 0 Å². The standard InChI is InChI=1S/C17H18F6N2O4S/c18-16(19,20)11-6-12(17(21,22)23)8-14(7-11)30(27,28)25-4-3-24(9-13(25)10-26)15-2-1-5-29-15/h6-8,10,13,15H,1-5,9H2. The molecule has 0 radical (unpaired) electrons. The molecule has 0 aliphatic carbocycles. The van der Waals surface area contributed by atoms with Crippen LogP contribution in [0.25, 0.3) is 0 Å². The van der Waals surface area contributed by atoms with Crippen molar-refractivity contribution in [2.45, 2.75) is 42.4 Å². The number of rotatable bonds is 4. The number of alkyl halides is 6. The first kappa shape index (κ1) is 23.0. The Morgan fingerprint density at radius 2 is 1.60 bits per heavy atom. The summed E-state index contributed by atoms with van der Waals surface area (Å²) in [6.07, 6.45) is -8.89. The Morgan fingerprint density at radius 1 is 1.00 bits per heavy atom. The van der Waals surface area contributed by atoms with E-state index in [2.05, 4.69) is 0 Å². The third kappa shape index (κ3) is 4.63. The van der Waals surface area contributed by atoms with Gasteiger partial charge in [-0.3, -0.25) is 4.90 Å². The lowest BCUT2D eigenvalue weighted by molar-refractivity contribution is -0.143. The Kier molecular flexibility index (Phi) is 6.20. The lowest BCUT2D eigenvalue weighted by atomic mass is 10.1. The van der Waals surface area contributed by atoms with Gasteiger partial charge in [0.15, 0.2) is 0 Å². The van der Waals surface area contributed by atoms with Crippen LogP contribution in [0, 0.1) is 0 Å². The van der Waals surface area contributed by atoms with Crippen LogP contribution < -0.4 is 0 Å². The molecule has 2 atom stereocenters. The van der Waals surface area contributed by atoms with E-state index in [4.69, 9.17) is 4.74 Å². The Morgan fingerprint density at radius 3 is 2.07 bits per heavy atom. The second kappa shape index (κ2) is 8.09. The number of aldehydes is 1. The Balaban J connectivity index is 1.97. The molecule has 0 amide bonds. The number of carbonyl (C=O) groups excluding carboxylic acids is 1. The lowest BCUT2D eigenvalue weighted by Gasteiger charge is -2.40. The fraction of sp³-hybridized carbons (Fsp3) is 0.588. The molecule has 0 saturated carbocycles. The first-order valence-corrected chi connectivity index (χ1v) is 10.4. The maximum Gasteiger partial charge on any atom is 0.416 e. The maximum atomic E-state index is 13.1. The average molecular weight is 460 g/mol. The van der Waals surface area contributed by atoms with E-state index in [1.807, 2.05) is 0 Å². The van der Waals surface area contributed by atoms with Gasteiger partial charge in [0.05, 0.1) is 22.1 Å². The molecule has 1 aromatic rings. The van der Waals surface area contributed by atoms with Gasteiger partial charge in [0.2, 0.25) is 10.0 Å². The van der Waals surface area contributed by atoms with Crippen LogP contribution in [-0.4, -0.2) is 62.4 Å². The van der Waals surface area contributed by atoms with Crippen LogP contribution in [-0.2, 0) is 31.9 Å². The van der Waals surface area contributed by atoms with Crippen LogP contribution in [0.1, 0.15) is 24.0 Å². The summed E-state index contributed by atoms with van der Waals surface area (Å²) in [4.78, 5) is 12.1. The van der Waals surface area contributed by atoms with E-state index in [-0.39, 0.29) is 44.1 Å². The van der Waals surface area contributed by atoms with Crippen molar-refractivity contribution in [1.82, 2.24) is 9.21 Å². The predicted octanol–water partition coefficient (Wildman–Crippen LogP) is 2.73. The molecule has 2 unspecified atom stereocenters. The van der Waals surface area contributed by atoms with Gasteiger partial charge in [0, 0.05) is 26.2 Å². The topological polar surface area (TPSA) is 66.9 Å². The molecule has 13 heteroatoms. The zero-order valence-electron chi connectivity index (χ0n) is 15.4. The van der Waals surface area contributed by atoms with Gasteiger partial charge in [-0.25, -0.2) is 8.42 Å². The molecule has 2 saturated heterocycles. The molecule has 1 aromatic carbocycles. The zero-order chi connectivity index (χ0) is 22.3. The molecule has 2 aliphatic heterocycles. The van der Waals surface area contributed by atoms with Crippen molar-refractivity contribution in [2.24, 2.45) is 0 Å². The van der Waals surface area contributed by atoms with Gasteiger partial charge in [-0.15, -0.1) is 0 Å². The van der Waals surface area contributed by atoms with Crippen LogP contribution in [0.2, 0.25) is 0 Å². The summed E-state index contributed by atoms with van der Waals surface area (Å²) >= 11 is 0. The molecule has 0 bridgehead atoms. The monoisotopic (exact) mass is 460 g/mol. The number of halogens is 6. The summed E-state index contributed by atoms with van der Waals surface area (Å²) in [5.41, 5.74) is -3.48. The van der Waals surface area contributed by atoms with Crippen LogP contribution in [0.4, 0.5) is 26.3 Å². The number of benzene rings is 1. The summed E-state index contributed by atoms with van der Waals surface area (Å²) in [5.74, 6) is 0. The highest BCUT2D eigenvalue weighted by molar-refractivity contribution is 7.89. The molecule has 168 valence electrons. The fourth-order valence-corrected chi connectivity index (χ4v) is 5.16. The van der Waals surface area contributed by atoms with Crippen LogP contribution in [0.3, 0.4) is 0 Å². The average Bonchev–Trinajstić information content (AvgIpc) is 3.20. The minimum atomic E-state index is -5.19. The van der Waals surface area contributed by atoms with E-state index in [0.717, 1.165) is 6.42 Å². The minimum Gasteiger partial charge on any atom is -0.363 e. The summed E-state index contributed by atoms with van der Waals surface area (Å²) < 4.78 is 110. The van der Waals surface area contributed by atoms with E-state index in [1.165, 1.54) is 0 Å². The highest BCUT2D eigenvalue weighted by Crippen LogP contribution is 2.38. The summed E-state index contributed by atoms with van der Waals surface area (Å²) in [5, 5.41) is 0. The molecule has 3 rings (SSSR count). The van der Waals surface area contributed by atoms with Gasteiger partial charge < -0.3 is 9.53 Å². The summed E-state index contributed by atoms with van der Waals surface area (Å²) in [6, 6.07) is -1.11. The van der Waals surface area contributed by atoms with Crippen molar-refractivity contribution in [2.75, 3.05) is 26.2 Å². The first-order valence-electron chi connectivity index (χ1n) is 8.96. The Hall–Kier alpha value is -1.70. The molecule has 0 N–H and O–H groups in total. The summed E-state index contributed by atoms with van der Waals surface area (Å²) in [6.45, 7) is 0.292. The number of carbonyl (C=O) groups is 1. The smallest absolute Gasteiger partial charge is 0.363 e. The molecule has 2 aliphatic rings. The molecule has 6 nitrogen and oxygen atoms in total. The SMILES string of the molecule is O=CC1CN(C2CCCO2)CCN1S(=O)(=O)c1cc(C(F)(F)F)cc(C(F)(F)F)c1. The number of sulfonamides is 1. The fourth-order valence-electron chi connectivity index (χ4n) is 3.55. The van der Waals surface area contributed by atoms with Crippen molar-refractivity contribution in [3.05, 3.63) is 29.3 Å². The van der Waals surface area contributed by atoms with E-state index in [1.54, 1.807) is 4.90 Å². The quantitative estimate of drug-likeness (QED) is 0.511. The van der Waals surface area contributed by atoms with Crippen molar-refractivity contribution in [3.8, 4) is 0 Å². The number of hydrogen-bond acceptors (Lipinski definition) is 5. The number of ether oxygens (including phenoxy) is 1. The van der Waals surface area contributed by atoms with E-state index in [0.29, 0.717) is 23.6 Å². The highest BCUT2D eigenvalue weighted by Gasteiger charge is 2.42. The van der Waals surface area contributed by atoms with Gasteiger partial charge >= 0.3 is 12.4 Å². The number of nitrogens with zero attached hydrogens (tertiary/aromatic N) is 2. The lowest BCUT2D eigenvalue weighted by Crippen LogP contribution is -2.57. The number of hydrogen-bond donors (Lipinski definition) is 0. The molecular formula is C17H18F6N2O4S. The molecular weight excluding hydrogens is 442 g/mol. The van der Waals surface area contributed by atoms with Crippen molar-refractivity contribution >= 4 is 16.3 Å². The minimum absolute atomic E-state index is 0.0709. The zero-order valence-corrected chi connectivity index (χ0v) is 16.2. The van der Waals surface area contributed by atoms with Gasteiger partial charge in [0.1, 0.15) is 12.5 Å². The first-order chi connectivity index (χ1) is 13.8. The maximum absolute atomic E-state index is 13.1. The third-order valence-electron chi connectivity index (χ3n) is 5.04. The van der Waals surface area contributed by atoms with Crippen molar-refractivity contribution < 1.29 is 44.3 Å². The number of piperazine rings is 1. The highest BCUT2D eigenvalue weighted by atomic mass is 32.2. The van der Waals surface area contributed by atoms with Crippen LogP contribution in [0.15, 0.2) is 23.1 Å². The summed E-state index contributed by atoms with van der Waals surface area (Å²) in [7, 11) is -4.80. The molecule has 2 heterocycles. The van der Waals surface area contributed by atoms with Gasteiger partial charge in [-0.2, -0.15) is 30.6 Å². The molecule has 0 spiro atoms. The Bertz CT molecular complexity index is 864. The van der Waals surface area contributed by atoms with E-state index in [9.17, 15) is 39.6 Å². The molecule has 30 heavy (non-hydrogen) atoms. The van der Waals surface area contributed by atoms with Crippen LogP contribution in [0.5, 0.6) is 0 Å². The normalized spacial score (nSPS) is 24.9. The van der Waals surface area contributed by atoms with Gasteiger partial charge in [-0.1, -0.05) is 0 Å². The van der Waals surface area contributed by atoms with Crippen molar-refractivity contribution in [1.29, 1.82) is 0 Å². The van der Waals surface area contributed by atoms with Gasteiger partial charge in [0.25, 0.3) is 0 Å². The van der Waals surface area contributed by atoms with Gasteiger partial charge in [-0.05, 0) is 31.0 Å². The van der Waals surface area contributed by atoms with E-state index < -0.39 is 44.4 Å². The largest absolute Gasteiger partial charge is 0.416 e. The second-order valence-electron chi connectivity index (χ2n) is 7.02. The second-order valence-corrected chi connectivity index (χ2v) is 8.91. The predicted molar refractivity (Wildman–Crippen MR) is 90.7 cm³/mol. The molecule has 0 aromatic heterocycles.